The number of benzene rings is 1. The predicted molar refractivity (Wildman–Crippen MR) is 89.7 cm³/mol. The number of carbonyl (C=O) groups is 1. The molecule has 7 nitrogen and oxygen atoms in total. The van der Waals surface area contributed by atoms with Crippen LogP contribution in [0.5, 0.6) is 0 Å². The van der Waals surface area contributed by atoms with Gasteiger partial charge in [-0.3, -0.25) is 9.78 Å². The molecule has 2 N–H and O–H groups in total. The number of rotatable bonds is 5. The second kappa shape index (κ2) is 7.20. The molecule has 0 saturated heterocycles. The molecule has 0 atom stereocenters. The lowest BCUT2D eigenvalue weighted by Crippen LogP contribution is -2.17. The summed E-state index contributed by atoms with van der Waals surface area (Å²) in [4.78, 5) is 20.1. The number of hydrogen-bond donors (Lipinski definition) is 2. The van der Waals surface area contributed by atoms with Gasteiger partial charge in [-0.15, -0.1) is 0 Å². The van der Waals surface area contributed by atoms with E-state index >= 15 is 0 Å². The number of anilines is 1. The van der Waals surface area contributed by atoms with E-state index in [0.717, 1.165) is 5.56 Å². The molecule has 3 aromatic rings. The van der Waals surface area contributed by atoms with Gasteiger partial charge < -0.3 is 10.4 Å². The normalized spacial score (nSPS) is 10.6. The summed E-state index contributed by atoms with van der Waals surface area (Å²) in [5.41, 5.74) is 1.71. The Kier molecular flexibility index (Phi) is 4.83. The number of aromatic nitrogens is 4. The average molecular weight is 344 g/mol. The first-order valence-electron chi connectivity index (χ1n) is 7.19. The molecule has 0 radical (unpaired) electrons. The highest BCUT2D eigenvalue weighted by atomic mass is 35.5. The summed E-state index contributed by atoms with van der Waals surface area (Å²) in [5.74, 6) is 0.0644. The van der Waals surface area contributed by atoms with Gasteiger partial charge >= 0.3 is 0 Å². The Morgan fingerprint density at radius 1 is 1.25 bits per heavy atom. The van der Waals surface area contributed by atoms with E-state index in [4.69, 9.17) is 11.6 Å². The number of aliphatic hydroxyl groups is 1. The molecular weight excluding hydrogens is 330 g/mol. The van der Waals surface area contributed by atoms with Crippen LogP contribution in [-0.4, -0.2) is 37.4 Å². The molecular formula is C16H14ClN5O2. The number of hydrogen-bond acceptors (Lipinski definition) is 5. The number of nitrogens with one attached hydrogen (secondary N) is 1. The van der Waals surface area contributed by atoms with Crippen molar-refractivity contribution in [1.29, 1.82) is 0 Å². The molecule has 1 amide bonds. The van der Waals surface area contributed by atoms with Crippen LogP contribution in [0.2, 0.25) is 5.02 Å². The third kappa shape index (κ3) is 3.58. The number of carbonyl (C=O) groups excluding carboxylic acids is 1. The lowest BCUT2D eigenvalue weighted by molar-refractivity contribution is 0.102. The monoisotopic (exact) mass is 343 g/mol. The van der Waals surface area contributed by atoms with Crippen molar-refractivity contribution in [2.24, 2.45) is 0 Å². The smallest absolute Gasteiger partial charge is 0.277 e. The largest absolute Gasteiger partial charge is 0.394 e. The second-order valence-corrected chi connectivity index (χ2v) is 5.35. The third-order valence-electron chi connectivity index (χ3n) is 3.27. The highest BCUT2D eigenvalue weighted by molar-refractivity contribution is 6.30. The summed E-state index contributed by atoms with van der Waals surface area (Å²) in [5, 5.41) is 17.0. The van der Waals surface area contributed by atoms with E-state index in [9.17, 15) is 9.90 Å². The Balaban J connectivity index is 1.89. The summed E-state index contributed by atoms with van der Waals surface area (Å²) in [6.07, 6.45) is 4.31. The molecule has 24 heavy (non-hydrogen) atoms. The molecule has 3 rings (SSSR count). The molecule has 0 spiro atoms. The van der Waals surface area contributed by atoms with Crippen LogP contribution in [0.25, 0.3) is 11.3 Å². The van der Waals surface area contributed by atoms with Crippen molar-refractivity contribution >= 4 is 23.3 Å². The van der Waals surface area contributed by atoms with Gasteiger partial charge in [-0.1, -0.05) is 23.7 Å². The maximum Gasteiger partial charge on any atom is 0.277 e. The number of amides is 1. The second-order valence-electron chi connectivity index (χ2n) is 4.91. The number of aliphatic hydroxyl groups excluding tert-OH is 1. The van der Waals surface area contributed by atoms with Crippen LogP contribution in [0, 0.1) is 0 Å². The summed E-state index contributed by atoms with van der Waals surface area (Å²) >= 11 is 5.89. The van der Waals surface area contributed by atoms with Crippen molar-refractivity contribution in [3.63, 3.8) is 0 Å². The maximum absolute atomic E-state index is 12.2. The predicted octanol–water partition coefficient (Wildman–Crippen LogP) is 2.24. The van der Waals surface area contributed by atoms with Gasteiger partial charge in [-0.2, -0.15) is 5.10 Å². The van der Waals surface area contributed by atoms with Gasteiger partial charge in [0.2, 0.25) is 0 Å². The molecule has 0 aliphatic heterocycles. The fourth-order valence-corrected chi connectivity index (χ4v) is 2.27. The molecule has 2 heterocycles. The first-order valence-corrected chi connectivity index (χ1v) is 7.57. The van der Waals surface area contributed by atoms with Gasteiger partial charge in [0.1, 0.15) is 11.5 Å². The Morgan fingerprint density at radius 2 is 2.04 bits per heavy atom. The molecule has 0 fully saturated rings. The van der Waals surface area contributed by atoms with Gasteiger partial charge in [0.15, 0.2) is 0 Å². The van der Waals surface area contributed by atoms with Gasteiger partial charge in [0.05, 0.1) is 25.0 Å². The summed E-state index contributed by atoms with van der Waals surface area (Å²) in [6, 6.07) is 8.93. The minimum atomic E-state index is -0.398. The fraction of sp³-hybridized carbons (Fsp3) is 0.125. The van der Waals surface area contributed by atoms with Crippen LogP contribution < -0.4 is 5.32 Å². The van der Waals surface area contributed by atoms with Crippen LogP contribution in [0.3, 0.4) is 0 Å². The summed E-state index contributed by atoms with van der Waals surface area (Å²) < 4.78 is 1.53. The Hall–Kier alpha value is -2.77. The van der Waals surface area contributed by atoms with E-state index in [1.807, 2.05) is 12.1 Å². The van der Waals surface area contributed by atoms with Crippen LogP contribution in [-0.2, 0) is 6.54 Å². The molecule has 8 heteroatoms. The van der Waals surface area contributed by atoms with Crippen molar-refractivity contribution in [2.45, 2.75) is 6.54 Å². The molecule has 0 bridgehead atoms. The maximum atomic E-state index is 12.2. The molecule has 122 valence electrons. The van der Waals surface area contributed by atoms with Crippen LogP contribution >= 0.6 is 11.6 Å². The molecule has 0 aliphatic rings. The molecule has 2 aromatic heterocycles. The SMILES string of the molecule is O=C(Nc1cc(-c2ccc(Cl)cc2)nn1CCO)c1cnccn1. The Bertz CT molecular complexity index is 833. The van der Waals surface area contributed by atoms with Crippen LogP contribution in [0.4, 0.5) is 5.82 Å². The van der Waals surface area contributed by atoms with Crippen LogP contribution in [0.15, 0.2) is 48.9 Å². The van der Waals surface area contributed by atoms with Gasteiger partial charge in [0.25, 0.3) is 5.91 Å². The van der Waals surface area contributed by atoms with E-state index < -0.39 is 5.91 Å². The van der Waals surface area contributed by atoms with Crippen LogP contribution in [0.1, 0.15) is 10.5 Å². The van der Waals surface area contributed by atoms with Gasteiger partial charge in [0, 0.05) is 29.0 Å². The van der Waals surface area contributed by atoms with Crippen molar-refractivity contribution in [3.8, 4) is 11.3 Å². The highest BCUT2D eigenvalue weighted by Crippen LogP contribution is 2.23. The lowest BCUT2D eigenvalue weighted by Gasteiger charge is -2.06. The van der Waals surface area contributed by atoms with Gasteiger partial charge in [-0.05, 0) is 12.1 Å². The van der Waals surface area contributed by atoms with Gasteiger partial charge in [-0.25, -0.2) is 9.67 Å². The third-order valence-corrected chi connectivity index (χ3v) is 3.52. The molecule has 0 saturated carbocycles. The minimum absolute atomic E-state index is 0.101. The molecule has 0 aliphatic carbocycles. The Labute approximate surface area is 142 Å². The van der Waals surface area contributed by atoms with E-state index in [1.165, 1.54) is 23.3 Å². The zero-order chi connectivity index (χ0) is 16.9. The minimum Gasteiger partial charge on any atom is -0.394 e. The topological polar surface area (TPSA) is 92.9 Å². The standard InChI is InChI=1S/C16H14ClN5O2/c17-12-3-1-11(2-4-12)13-9-15(22(21-13)7-8-23)20-16(24)14-10-18-5-6-19-14/h1-6,9-10,23H,7-8H2,(H,20,24). The first-order chi connectivity index (χ1) is 11.7. The zero-order valence-corrected chi connectivity index (χ0v) is 13.3. The fourth-order valence-electron chi connectivity index (χ4n) is 2.14. The number of halogens is 1. The molecule has 1 aromatic carbocycles. The molecule has 0 unspecified atom stereocenters. The summed E-state index contributed by atoms with van der Waals surface area (Å²) in [7, 11) is 0. The first kappa shape index (κ1) is 16.1. The Morgan fingerprint density at radius 3 is 2.71 bits per heavy atom. The average Bonchev–Trinajstić information content (AvgIpc) is 2.99. The van der Waals surface area contributed by atoms with E-state index in [1.54, 1.807) is 18.2 Å². The van der Waals surface area contributed by atoms with Crippen molar-refractivity contribution in [2.75, 3.05) is 11.9 Å². The van der Waals surface area contributed by atoms with Crippen molar-refractivity contribution in [3.05, 3.63) is 59.6 Å². The lowest BCUT2D eigenvalue weighted by atomic mass is 10.1. The number of nitrogens with zero attached hydrogens (tertiary/aromatic N) is 4. The quantitative estimate of drug-likeness (QED) is 0.741. The highest BCUT2D eigenvalue weighted by Gasteiger charge is 2.14. The van der Waals surface area contributed by atoms with Crippen molar-refractivity contribution in [1.82, 2.24) is 19.7 Å². The van der Waals surface area contributed by atoms with Crippen molar-refractivity contribution < 1.29 is 9.90 Å². The van der Waals surface area contributed by atoms with E-state index in [-0.39, 0.29) is 18.8 Å². The van der Waals surface area contributed by atoms with E-state index in [2.05, 4.69) is 20.4 Å². The van der Waals surface area contributed by atoms with E-state index in [0.29, 0.717) is 16.5 Å². The zero-order valence-electron chi connectivity index (χ0n) is 12.6. The summed E-state index contributed by atoms with van der Waals surface area (Å²) in [6.45, 7) is 0.152.